The Bertz CT molecular complexity index is 325. The average molecular weight is 291 g/mol. The van der Waals surface area contributed by atoms with Gasteiger partial charge < -0.3 is 9.47 Å². The Balaban J connectivity index is 4.37. The quantitative estimate of drug-likeness (QED) is 0.568. The first kappa shape index (κ1) is 18.5. The molecule has 0 spiro atoms. The Kier molecular flexibility index (Phi) is 6.64. The van der Waals surface area contributed by atoms with Crippen molar-refractivity contribution in [2.45, 2.75) is 72.4 Å². The molecule has 0 heterocycles. The number of carbonyl (C=O) groups excluding carboxylic acids is 1. The minimum Gasteiger partial charge on any atom is -0.460 e. The number of hydrogen-bond acceptors (Lipinski definition) is 4. The summed E-state index contributed by atoms with van der Waals surface area (Å²) >= 11 is 0. The third kappa shape index (κ3) is 9.12. The van der Waals surface area contributed by atoms with Crippen LogP contribution in [-0.2, 0) is 18.8 Å². The molecular weight excluding hydrogens is 263 g/mol. The number of esters is 1. The van der Waals surface area contributed by atoms with Crippen molar-refractivity contribution in [3.63, 3.8) is 0 Å². The van der Waals surface area contributed by atoms with Crippen molar-refractivity contribution in [3.8, 4) is 0 Å². The van der Waals surface area contributed by atoms with Crippen molar-refractivity contribution < 1.29 is 18.8 Å². The lowest BCUT2D eigenvalue weighted by Crippen LogP contribution is -2.29. The van der Waals surface area contributed by atoms with Crippen LogP contribution in [0.5, 0.6) is 0 Å². The van der Waals surface area contributed by atoms with E-state index in [9.17, 15) is 9.36 Å². The molecule has 0 aromatic rings. The van der Waals surface area contributed by atoms with E-state index in [4.69, 9.17) is 9.47 Å². The maximum atomic E-state index is 12.1. The van der Waals surface area contributed by atoms with Gasteiger partial charge in [0.1, 0.15) is 5.60 Å². The summed E-state index contributed by atoms with van der Waals surface area (Å²) < 4.78 is 23.0. The van der Waals surface area contributed by atoms with Gasteiger partial charge in [-0.25, -0.2) is 0 Å². The van der Waals surface area contributed by atoms with Crippen LogP contribution in [-0.4, -0.2) is 29.2 Å². The molecule has 0 aromatic carbocycles. The lowest BCUT2D eigenvalue weighted by molar-refractivity contribution is -0.158. The summed E-state index contributed by atoms with van der Waals surface area (Å²) in [5.74, 6) is -1.05. The third-order valence-electron chi connectivity index (χ3n) is 2.19. The average Bonchev–Trinajstić information content (AvgIpc) is 2.11. The molecule has 0 radical (unpaired) electrons. The van der Waals surface area contributed by atoms with Gasteiger partial charge in [0.15, 0.2) is 6.16 Å². The fourth-order valence-corrected chi connectivity index (χ4v) is 2.89. The van der Waals surface area contributed by atoms with Crippen LogP contribution in [0.3, 0.4) is 0 Å². The minimum atomic E-state index is -1.59. The fourth-order valence-electron chi connectivity index (χ4n) is 1.47. The van der Waals surface area contributed by atoms with E-state index in [1.165, 1.54) is 0 Å². The van der Waals surface area contributed by atoms with Crippen LogP contribution in [0.25, 0.3) is 0 Å². The lowest BCUT2D eigenvalue weighted by atomic mass is 10.1. The second kappa shape index (κ2) is 6.81. The van der Waals surface area contributed by atoms with Gasteiger partial charge in [0.25, 0.3) is 5.85 Å². The van der Waals surface area contributed by atoms with Crippen LogP contribution in [0.15, 0.2) is 0 Å². The molecule has 4 nitrogen and oxygen atoms in total. The third-order valence-corrected chi connectivity index (χ3v) is 4.02. The molecule has 3 atom stereocenters. The highest BCUT2D eigenvalue weighted by atomic mass is 31.1. The first-order chi connectivity index (χ1) is 8.32. The predicted octanol–water partition coefficient (Wildman–Crippen LogP) is 3.95. The monoisotopic (exact) mass is 291 g/mol. The summed E-state index contributed by atoms with van der Waals surface area (Å²) in [4.78, 5) is 11.8. The molecule has 0 aliphatic heterocycles. The maximum absolute atomic E-state index is 12.1. The summed E-state index contributed by atoms with van der Waals surface area (Å²) in [5.41, 5.74) is -0.843. The molecule has 0 N–H and O–H groups in total. The highest BCUT2D eigenvalue weighted by molar-refractivity contribution is 7.45. The number of hydrogen-bond donors (Lipinski definition) is 0. The maximum Gasteiger partial charge on any atom is 0.370 e. The molecule has 3 unspecified atom stereocenters. The van der Waals surface area contributed by atoms with E-state index < -0.39 is 13.4 Å². The summed E-state index contributed by atoms with van der Waals surface area (Å²) in [6, 6.07) is 0. The van der Waals surface area contributed by atoms with E-state index in [0.717, 1.165) is 0 Å². The van der Waals surface area contributed by atoms with Crippen LogP contribution in [0.4, 0.5) is 0 Å². The second-order valence-electron chi connectivity index (χ2n) is 6.86. The summed E-state index contributed by atoms with van der Waals surface area (Å²) in [7, 11) is -1.59. The topological polar surface area (TPSA) is 52.6 Å². The van der Waals surface area contributed by atoms with Crippen molar-refractivity contribution in [2.75, 3.05) is 6.16 Å². The standard InChI is InChI=1S/C14H28O4P/c1-10(12(15)18-14(6,7)8)9-19(16)11(2)17-13(3,4)5/h10-11H,9H2,1-8H3/q+1. The number of ether oxygens (including phenoxy) is 2. The molecule has 0 fully saturated rings. The first-order valence-electron chi connectivity index (χ1n) is 6.66. The van der Waals surface area contributed by atoms with Crippen LogP contribution >= 0.6 is 7.80 Å². The molecular formula is C14H28O4P+. The van der Waals surface area contributed by atoms with Gasteiger partial charge in [0.05, 0.1) is 11.5 Å². The smallest absolute Gasteiger partial charge is 0.370 e. The Morgan fingerprint density at radius 2 is 1.53 bits per heavy atom. The zero-order valence-electron chi connectivity index (χ0n) is 13.4. The highest BCUT2D eigenvalue weighted by Gasteiger charge is 2.35. The molecule has 0 saturated carbocycles. The molecule has 0 rings (SSSR count). The molecule has 112 valence electrons. The van der Waals surface area contributed by atoms with Crippen LogP contribution in [0.1, 0.15) is 55.4 Å². The normalized spacial score (nSPS) is 16.7. The molecule has 0 bridgehead atoms. The first-order valence-corrected chi connectivity index (χ1v) is 8.17. The van der Waals surface area contributed by atoms with E-state index in [1.807, 2.05) is 41.5 Å². The van der Waals surface area contributed by atoms with Gasteiger partial charge in [-0.2, -0.15) is 0 Å². The molecule has 0 saturated heterocycles. The Morgan fingerprint density at radius 1 is 1.05 bits per heavy atom. The summed E-state index contributed by atoms with van der Waals surface area (Å²) in [5, 5.41) is 0. The molecule has 0 aliphatic rings. The van der Waals surface area contributed by atoms with E-state index >= 15 is 0 Å². The van der Waals surface area contributed by atoms with Crippen molar-refractivity contribution in [1.29, 1.82) is 0 Å². The van der Waals surface area contributed by atoms with Crippen LogP contribution in [0.2, 0.25) is 0 Å². The van der Waals surface area contributed by atoms with Crippen molar-refractivity contribution in [1.82, 2.24) is 0 Å². The van der Waals surface area contributed by atoms with Crippen molar-refractivity contribution >= 4 is 13.8 Å². The lowest BCUT2D eigenvalue weighted by Gasteiger charge is -2.22. The fraction of sp³-hybridized carbons (Fsp3) is 0.929. The van der Waals surface area contributed by atoms with Crippen molar-refractivity contribution in [2.24, 2.45) is 5.92 Å². The van der Waals surface area contributed by atoms with E-state index in [-0.39, 0.29) is 23.3 Å². The van der Waals surface area contributed by atoms with Crippen LogP contribution < -0.4 is 0 Å². The largest absolute Gasteiger partial charge is 0.460 e. The summed E-state index contributed by atoms with van der Waals surface area (Å²) in [6.07, 6.45) is 0.293. The molecule has 0 aliphatic carbocycles. The number of rotatable bonds is 5. The Morgan fingerprint density at radius 3 is 1.89 bits per heavy atom. The van der Waals surface area contributed by atoms with Gasteiger partial charge in [-0.1, -0.05) is 4.57 Å². The second-order valence-corrected chi connectivity index (χ2v) is 8.79. The minimum absolute atomic E-state index is 0.293. The van der Waals surface area contributed by atoms with Gasteiger partial charge in [0, 0.05) is 6.92 Å². The van der Waals surface area contributed by atoms with Gasteiger partial charge in [0.2, 0.25) is 0 Å². The van der Waals surface area contributed by atoms with Crippen LogP contribution in [0, 0.1) is 5.92 Å². The zero-order valence-corrected chi connectivity index (χ0v) is 14.3. The number of carbonyl (C=O) groups is 1. The molecule has 19 heavy (non-hydrogen) atoms. The van der Waals surface area contributed by atoms with Gasteiger partial charge >= 0.3 is 13.8 Å². The van der Waals surface area contributed by atoms with E-state index in [1.54, 1.807) is 13.8 Å². The SMILES string of the molecule is CC(C[P+](=O)C(C)OC(C)(C)C)C(=O)OC(C)(C)C. The molecule has 0 amide bonds. The van der Waals surface area contributed by atoms with Crippen molar-refractivity contribution in [3.05, 3.63) is 0 Å². The van der Waals surface area contributed by atoms with Gasteiger partial charge in [-0.05, 0) is 48.5 Å². The molecule has 0 aromatic heterocycles. The Hall–Kier alpha value is -0.470. The van der Waals surface area contributed by atoms with Gasteiger partial charge in [-0.15, -0.1) is 0 Å². The Labute approximate surface area is 118 Å². The van der Waals surface area contributed by atoms with E-state index in [0.29, 0.717) is 6.16 Å². The van der Waals surface area contributed by atoms with Gasteiger partial charge in [-0.3, -0.25) is 4.79 Å². The highest BCUT2D eigenvalue weighted by Crippen LogP contribution is 2.34. The van der Waals surface area contributed by atoms with E-state index in [2.05, 4.69) is 0 Å². The summed E-state index contributed by atoms with van der Waals surface area (Å²) in [6.45, 7) is 14.8. The zero-order chi connectivity index (χ0) is 15.4. The molecule has 5 heteroatoms. The predicted molar refractivity (Wildman–Crippen MR) is 77.8 cm³/mol.